The van der Waals surface area contributed by atoms with Gasteiger partial charge in [-0.15, -0.1) is 11.3 Å². The van der Waals surface area contributed by atoms with E-state index in [1.165, 1.54) is 18.3 Å². The summed E-state index contributed by atoms with van der Waals surface area (Å²) in [5.74, 6) is 1.39. The number of hydrogen-bond acceptors (Lipinski definition) is 4. The molecule has 0 spiro atoms. The van der Waals surface area contributed by atoms with Crippen molar-refractivity contribution in [1.82, 2.24) is 10.2 Å². The predicted octanol–water partition coefficient (Wildman–Crippen LogP) is 2.88. The molecule has 2 rings (SSSR count). The summed E-state index contributed by atoms with van der Waals surface area (Å²) in [6.07, 6.45) is 0.232. The highest BCUT2D eigenvalue weighted by molar-refractivity contribution is 7.10. The van der Waals surface area contributed by atoms with Crippen LogP contribution in [0.5, 0.6) is 0 Å². The number of thiophene rings is 1. The molecule has 0 radical (unpaired) electrons. The van der Waals surface area contributed by atoms with Gasteiger partial charge >= 0.3 is 0 Å². The molecule has 1 atom stereocenters. The molecule has 0 unspecified atom stereocenters. The summed E-state index contributed by atoms with van der Waals surface area (Å²) >= 11 is 1.53. The number of aryl methyl sites for hydroxylation is 1. The molecule has 2 heterocycles. The van der Waals surface area contributed by atoms with Crippen LogP contribution in [-0.4, -0.2) is 23.8 Å². The predicted molar refractivity (Wildman–Crippen MR) is 85.4 cm³/mol. The molecular formula is C16H20N2O3S. The Balaban J connectivity index is 1.99. The normalized spacial score (nSPS) is 12.0. The number of carbonyl (C=O) groups excluding carboxylic acids is 2. The molecule has 0 saturated heterocycles. The second-order valence-corrected chi connectivity index (χ2v) is 6.21. The van der Waals surface area contributed by atoms with Crippen molar-refractivity contribution in [2.24, 2.45) is 0 Å². The summed E-state index contributed by atoms with van der Waals surface area (Å²) in [5, 5.41) is 4.77. The molecule has 0 bridgehead atoms. The summed E-state index contributed by atoms with van der Waals surface area (Å²) in [4.78, 5) is 26.3. The standard InChI is InChI=1S/C16H20N2O3S/c1-11-6-7-13(21-11)10-18(3)16(20)9-14(17-12(2)19)15-5-4-8-22-15/h4-8,14H,9-10H2,1-3H3,(H,17,19)/t14-/m1/s1. The van der Waals surface area contributed by atoms with Gasteiger partial charge < -0.3 is 14.6 Å². The monoisotopic (exact) mass is 320 g/mol. The molecule has 2 aromatic heterocycles. The van der Waals surface area contributed by atoms with Crippen molar-refractivity contribution in [3.63, 3.8) is 0 Å². The second-order valence-electron chi connectivity index (χ2n) is 5.23. The summed E-state index contributed by atoms with van der Waals surface area (Å²) < 4.78 is 5.48. The Hall–Kier alpha value is -2.08. The van der Waals surface area contributed by atoms with Gasteiger partial charge in [-0.3, -0.25) is 9.59 Å². The van der Waals surface area contributed by atoms with E-state index in [9.17, 15) is 9.59 Å². The lowest BCUT2D eigenvalue weighted by Gasteiger charge is -2.21. The minimum Gasteiger partial charge on any atom is -0.464 e. The van der Waals surface area contributed by atoms with Crippen molar-refractivity contribution < 1.29 is 14.0 Å². The maximum Gasteiger partial charge on any atom is 0.225 e. The molecule has 6 heteroatoms. The number of amides is 2. The van der Waals surface area contributed by atoms with Crippen LogP contribution in [0.1, 0.15) is 35.8 Å². The largest absolute Gasteiger partial charge is 0.464 e. The fourth-order valence-electron chi connectivity index (χ4n) is 2.18. The van der Waals surface area contributed by atoms with E-state index < -0.39 is 0 Å². The van der Waals surface area contributed by atoms with E-state index >= 15 is 0 Å². The average Bonchev–Trinajstić information content (AvgIpc) is 3.09. The van der Waals surface area contributed by atoms with Crippen molar-refractivity contribution in [3.8, 4) is 0 Å². The van der Waals surface area contributed by atoms with Crippen LogP contribution >= 0.6 is 11.3 Å². The number of rotatable bonds is 6. The molecule has 0 aliphatic rings. The maximum absolute atomic E-state index is 12.4. The molecule has 2 aromatic rings. The van der Waals surface area contributed by atoms with Crippen LogP contribution in [0.3, 0.4) is 0 Å². The van der Waals surface area contributed by atoms with Crippen LogP contribution in [-0.2, 0) is 16.1 Å². The number of furan rings is 1. The van der Waals surface area contributed by atoms with E-state index in [0.29, 0.717) is 6.54 Å². The molecule has 0 aliphatic carbocycles. The van der Waals surface area contributed by atoms with E-state index in [0.717, 1.165) is 16.4 Å². The van der Waals surface area contributed by atoms with Gasteiger partial charge in [-0.25, -0.2) is 0 Å². The average molecular weight is 320 g/mol. The maximum atomic E-state index is 12.4. The molecule has 1 N–H and O–H groups in total. The van der Waals surface area contributed by atoms with Crippen molar-refractivity contribution in [1.29, 1.82) is 0 Å². The quantitative estimate of drug-likeness (QED) is 0.890. The van der Waals surface area contributed by atoms with Crippen molar-refractivity contribution in [2.45, 2.75) is 32.9 Å². The minimum atomic E-state index is -0.286. The van der Waals surface area contributed by atoms with E-state index in [4.69, 9.17) is 4.42 Å². The molecule has 0 aliphatic heterocycles. The fourth-order valence-corrected chi connectivity index (χ4v) is 2.96. The molecular weight excluding hydrogens is 300 g/mol. The van der Waals surface area contributed by atoms with Gasteiger partial charge in [0.2, 0.25) is 11.8 Å². The van der Waals surface area contributed by atoms with Gasteiger partial charge in [0.1, 0.15) is 11.5 Å². The van der Waals surface area contributed by atoms with Gasteiger partial charge in [-0.2, -0.15) is 0 Å². The lowest BCUT2D eigenvalue weighted by Crippen LogP contribution is -2.33. The van der Waals surface area contributed by atoms with Gasteiger partial charge in [0.15, 0.2) is 0 Å². The molecule has 0 saturated carbocycles. The molecule has 5 nitrogen and oxygen atoms in total. The fraction of sp³-hybridized carbons (Fsp3) is 0.375. The summed E-state index contributed by atoms with van der Waals surface area (Å²) in [6.45, 7) is 3.75. The topological polar surface area (TPSA) is 62.6 Å². The Morgan fingerprint density at radius 3 is 2.68 bits per heavy atom. The molecule has 2 amide bonds. The first-order valence-corrected chi connectivity index (χ1v) is 7.93. The zero-order valence-electron chi connectivity index (χ0n) is 13.0. The summed E-state index contributed by atoms with van der Waals surface area (Å²) in [7, 11) is 1.74. The van der Waals surface area contributed by atoms with Crippen molar-refractivity contribution in [3.05, 3.63) is 46.0 Å². The van der Waals surface area contributed by atoms with Crippen LogP contribution < -0.4 is 5.32 Å². The van der Waals surface area contributed by atoms with Gasteiger partial charge in [0.25, 0.3) is 0 Å². The summed E-state index contributed by atoms with van der Waals surface area (Å²) in [6, 6.07) is 7.29. The van der Waals surface area contributed by atoms with Crippen molar-refractivity contribution >= 4 is 23.2 Å². The molecule has 118 valence electrons. The number of hydrogen-bond donors (Lipinski definition) is 1. The van der Waals surface area contributed by atoms with E-state index in [2.05, 4.69) is 5.32 Å². The van der Waals surface area contributed by atoms with Gasteiger partial charge in [-0.05, 0) is 30.5 Å². The van der Waals surface area contributed by atoms with Crippen LogP contribution in [0.25, 0.3) is 0 Å². The third-order valence-electron chi connectivity index (χ3n) is 3.26. The Morgan fingerprint density at radius 2 is 2.14 bits per heavy atom. The number of nitrogens with one attached hydrogen (secondary N) is 1. The zero-order chi connectivity index (χ0) is 16.1. The molecule has 22 heavy (non-hydrogen) atoms. The highest BCUT2D eigenvalue weighted by Gasteiger charge is 2.20. The molecule has 0 aromatic carbocycles. The highest BCUT2D eigenvalue weighted by atomic mass is 32.1. The van der Waals surface area contributed by atoms with Crippen molar-refractivity contribution in [2.75, 3.05) is 7.05 Å². The van der Waals surface area contributed by atoms with Gasteiger partial charge in [0.05, 0.1) is 19.0 Å². The Kier molecular flexibility index (Phi) is 5.38. The van der Waals surface area contributed by atoms with Crippen LogP contribution in [0, 0.1) is 6.92 Å². The van der Waals surface area contributed by atoms with Gasteiger partial charge in [-0.1, -0.05) is 6.07 Å². The highest BCUT2D eigenvalue weighted by Crippen LogP contribution is 2.23. The third kappa shape index (κ3) is 4.46. The SMILES string of the molecule is CC(=O)N[C@H](CC(=O)N(C)Cc1ccc(C)o1)c1cccs1. The first-order valence-electron chi connectivity index (χ1n) is 7.05. The number of nitrogens with zero attached hydrogens (tertiary/aromatic N) is 1. The van der Waals surface area contributed by atoms with Crippen LogP contribution in [0.4, 0.5) is 0 Å². The Labute approximate surface area is 133 Å². The number of carbonyl (C=O) groups is 2. The first kappa shape index (κ1) is 16.3. The summed E-state index contributed by atoms with van der Waals surface area (Å²) in [5.41, 5.74) is 0. The minimum absolute atomic E-state index is 0.0406. The van der Waals surface area contributed by atoms with E-state index in [-0.39, 0.29) is 24.3 Å². The lowest BCUT2D eigenvalue weighted by molar-refractivity contribution is -0.131. The first-order chi connectivity index (χ1) is 10.5. The third-order valence-corrected chi connectivity index (χ3v) is 4.24. The zero-order valence-corrected chi connectivity index (χ0v) is 13.8. The lowest BCUT2D eigenvalue weighted by atomic mass is 10.1. The van der Waals surface area contributed by atoms with Crippen LogP contribution in [0.15, 0.2) is 34.1 Å². The van der Waals surface area contributed by atoms with E-state index in [1.54, 1.807) is 11.9 Å². The molecule has 0 fully saturated rings. The Morgan fingerprint density at radius 1 is 1.36 bits per heavy atom. The van der Waals surface area contributed by atoms with E-state index in [1.807, 2.05) is 36.6 Å². The van der Waals surface area contributed by atoms with Gasteiger partial charge in [0, 0.05) is 18.8 Å². The van der Waals surface area contributed by atoms with Crippen LogP contribution in [0.2, 0.25) is 0 Å². The smallest absolute Gasteiger partial charge is 0.225 e. The Bertz CT molecular complexity index is 634. The second kappa shape index (κ2) is 7.26.